The minimum absolute atomic E-state index is 0.117. The molecule has 10 heavy (non-hydrogen) atoms. The van der Waals surface area contributed by atoms with Gasteiger partial charge in [0.2, 0.25) is 0 Å². The lowest BCUT2D eigenvalue weighted by atomic mass is 9.85. The summed E-state index contributed by atoms with van der Waals surface area (Å²) in [5, 5.41) is 0. The summed E-state index contributed by atoms with van der Waals surface area (Å²) in [7, 11) is 0. The normalized spacial score (nSPS) is 36.5. The molecule has 0 aromatic heterocycles. The van der Waals surface area contributed by atoms with Crippen molar-refractivity contribution in [3.63, 3.8) is 0 Å². The highest BCUT2D eigenvalue weighted by atomic mass is 17.4. The first-order valence-corrected chi connectivity index (χ1v) is 3.66. The number of hydrogen-bond donors (Lipinski definition) is 0. The van der Waals surface area contributed by atoms with Crippen LogP contribution >= 0.6 is 0 Å². The van der Waals surface area contributed by atoms with Gasteiger partial charge in [-0.15, -0.1) is 0 Å². The summed E-state index contributed by atoms with van der Waals surface area (Å²) >= 11 is 0. The molecule has 0 aromatic carbocycles. The van der Waals surface area contributed by atoms with E-state index < -0.39 is 5.79 Å². The summed E-state index contributed by atoms with van der Waals surface area (Å²) < 4.78 is 0. The quantitative estimate of drug-likeness (QED) is 0.374. The van der Waals surface area contributed by atoms with Gasteiger partial charge in [0, 0.05) is 12.3 Å². The molecule has 1 atom stereocenters. The number of carbonyl (C=O) groups excluding carboxylic acids is 1. The fraction of sp³-hybridized carbons (Fsp3) is 0.857. The van der Waals surface area contributed by atoms with Crippen LogP contribution in [0.1, 0.15) is 26.2 Å². The van der Waals surface area contributed by atoms with Gasteiger partial charge in [0.25, 0.3) is 5.79 Å². The predicted molar refractivity (Wildman–Crippen MR) is 32.9 cm³/mol. The minimum Gasteiger partial charge on any atom is -0.293 e. The molecule has 0 N–H and O–H groups in total. The molecule has 1 heterocycles. The van der Waals surface area contributed by atoms with Gasteiger partial charge in [-0.2, -0.15) is 9.78 Å². The predicted octanol–water partition coefficient (Wildman–Crippen LogP) is 1.03. The van der Waals surface area contributed by atoms with Crippen LogP contribution in [0.4, 0.5) is 0 Å². The topological polar surface area (TPSA) is 42.1 Å². The summed E-state index contributed by atoms with van der Waals surface area (Å²) in [6, 6.07) is 0. The van der Waals surface area contributed by atoms with Crippen LogP contribution in [-0.4, -0.2) is 11.6 Å². The van der Waals surface area contributed by atoms with Gasteiger partial charge < -0.3 is 0 Å². The molecule has 1 spiro atoms. The molecule has 0 aromatic rings. The highest BCUT2D eigenvalue weighted by Crippen LogP contribution is 2.44. The second kappa shape index (κ2) is 1.80. The third-order valence-electron chi connectivity index (χ3n) is 2.34. The summed E-state index contributed by atoms with van der Waals surface area (Å²) in [6.07, 6.45) is 2.63. The Bertz CT molecular complexity index is 172. The number of rotatable bonds is 0. The van der Waals surface area contributed by atoms with Crippen LogP contribution in [0.5, 0.6) is 0 Å². The van der Waals surface area contributed by atoms with Gasteiger partial charge in [0.15, 0.2) is 5.78 Å². The first-order valence-electron chi connectivity index (χ1n) is 3.66. The van der Waals surface area contributed by atoms with Crippen molar-refractivity contribution in [3.05, 3.63) is 0 Å². The van der Waals surface area contributed by atoms with Crippen molar-refractivity contribution >= 4 is 5.78 Å². The Morgan fingerprint density at radius 1 is 1.60 bits per heavy atom. The largest absolute Gasteiger partial charge is 0.293 e. The van der Waals surface area contributed by atoms with Crippen molar-refractivity contribution in [1.29, 1.82) is 0 Å². The van der Waals surface area contributed by atoms with Crippen LogP contribution in [0.15, 0.2) is 0 Å². The molecule has 1 aliphatic carbocycles. The van der Waals surface area contributed by atoms with Crippen LogP contribution in [0.25, 0.3) is 0 Å². The minimum atomic E-state index is -0.793. The van der Waals surface area contributed by atoms with Crippen LogP contribution in [0, 0.1) is 5.92 Å². The lowest BCUT2D eigenvalue weighted by Crippen LogP contribution is -2.35. The zero-order valence-electron chi connectivity index (χ0n) is 5.92. The van der Waals surface area contributed by atoms with Gasteiger partial charge in [-0.25, -0.2) is 0 Å². The lowest BCUT2D eigenvalue weighted by molar-refractivity contribution is -0.129. The second-order valence-corrected chi connectivity index (χ2v) is 3.05. The molecule has 0 radical (unpaired) electrons. The van der Waals surface area contributed by atoms with E-state index >= 15 is 0 Å². The van der Waals surface area contributed by atoms with Crippen molar-refractivity contribution < 1.29 is 14.6 Å². The van der Waals surface area contributed by atoms with E-state index in [1.165, 1.54) is 0 Å². The van der Waals surface area contributed by atoms with Crippen LogP contribution in [-0.2, 0) is 14.6 Å². The van der Waals surface area contributed by atoms with E-state index in [0.717, 1.165) is 12.8 Å². The molecule has 1 unspecified atom stereocenters. The third kappa shape index (κ3) is 0.646. The Labute approximate surface area is 59.2 Å². The van der Waals surface area contributed by atoms with E-state index in [9.17, 15) is 4.79 Å². The average Bonchev–Trinajstić information content (AvgIpc) is 2.64. The lowest BCUT2D eigenvalue weighted by Gasteiger charge is -2.19. The van der Waals surface area contributed by atoms with Crippen molar-refractivity contribution in [3.8, 4) is 0 Å². The average molecular weight is 142 g/mol. The SMILES string of the molecule is CC1CCCC(=O)C12OO2. The second-order valence-electron chi connectivity index (χ2n) is 3.05. The van der Waals surface area contributed by atoms with E-state index in [1.807, 2.05) is 6.92 Å². The highest BCUT2D eigenvalue weighted by Gasteiger charge is 2.61. The smallest absolute Gasteiger partial charge is 0.293 e. The monoisotopic (exact) mass is 142 g/mol. The number of carbonyl (C=O) groups is 1. The summed E-state index contributed by atoms with van der Waals surface area (Å²) in [6.45, 7) is 1.99. The number of hydrogen-bond acceptors (Lipinski definition) is 3. The van der Waals surface area contributed by atoms with Crippen molar-refractivity contribution in [1.82, 2.24) is 0 Å². The molecule has 2 fully saturated rings. The van der Waals surface area contributed by atoms with E-state index in [-0.39, 0.29) is 11.7 Å². The van der Waals surface area contributed by atoms with Gasteiger partial charge in [0.05, 0.1) is 0 Å². The number of Topliss-reactive ketones (excluding diaryl/α,β-unsaturated/α-hetero) is 1. The maximum atomic E-state index is 11.1. The fourth-order valence-electron chi connectivity index (χ4n) is 1.51. The van der Waals surface area contributed by atoms with Crippen molar-refractivity contribution in [2.45, 2.75) is 32.0 Å². The van der Waals surface area contributed by atoms with Crippen LogP contribution < -0.4 is 0 Å². The molecule has 2 aliphatic rings. The Balaban J connectivity index is 2.18. The standard InChI is InChI=1S/C7H10O3/c1-5-3-2-4-6(8)7(5)9-10-7/h5H,2-4H2,1H3. The summed E-state index contributed by atoms with van der Waals surface area (Å²) in [5.41, 5.74) is 0. The van der Waals surface area contributed by atoms with Gasteiger partial charge in [0.1, 0.15) is 0 Å². The Kier molecular flexibility index (Phi) is 1.13. The van der Waals surface area contributed by atoms with E-state index in [4.69, 9.17) is 9.78 Å². The summed E-state index contributed by atoms with van der Waals surface area (Å²) in [4.78, 5) is 20.6. The molecule has 56 valence electrons. The van der Waals surface area contributed by atoms with E-state index in [2.05, 4.69) is 0 Å². The molecular formula is C7H10O3. The molecule has 1 saturated heterocycles. The van der Waals surface area contributed by atoms with E-state index in [0.29, 0.717) is 6.42 Å². The molecule has 1 aliphatic heterocycles. The van der Waals surface area contributed by atoms with Gasteiger partial charge in [-0.05, 0) is 12.8 Å². The van der Waals surface area contributed by atoms with Gasteiger partial charge in [-0.1, -0.05) is 6.92 Å². The van der Waals surface area contributed by atoms with Gasteiger partial charge in [-0.3, -0.25) is 4.79 Å². The molecule has 2 rings (SSSR count). The molecule has 0 bridgehead atoms. The molecule has 3 nitrogen and oxygen atoms in total. The first-order chi connectivity index (χ1) is 4.76. The zero-order chi connectivity index (χ0) is 7.19. The molecular weight excluding hydrogens is 132 g/mol. The molecule has 3 heteroatoms. The maximum Gasteiger partial charge on any atom is 0.293 e. The molecule has 1 saturated carbocycles. The maximum absolute atomic E-state index is 11.1. The number of ketones is 1. The zero-order valence-corrected chi connectivity index (χ0v) is 5.92. The highest BCUT2D eigenvalue weighted by molar-refractivity contribution is 5.88. The Morgan fingerprint density at radius 2 is 2.30 bits per heavy atom. The van der Waals surface area contributed by atoms with Crippen molar-refractivity contribution in [2.24, 2.45) is 5.92 Å². The molecule has 0 amide bonds. The first kappa shape index (κ1) is 6.31. The van der Waals surface area contributed by atoms with Crippen LogP contribution in [0.2, 0.25) is 0 Å². The van der Waals surface area contributed by atoms with E-state index in [1.54, 1.807) is 0 Å². The fourth-order valence-corrected chi connectivity index (χ4v) is 1.51. The van der Waals surface area contributed by atoms with Crippen LogP contribution in [0.3, 0.4) is 0 Å². The summed E-state index contributed by atoms with van der Waals surface area (Å²) in [5.74, 6) is -0.432. The van der Waals surface area contributed by atoms with Crippen molar-refractivity contribution in [2.75, 3.05) is 0 Å². The Hall–Kier alpha value is -0.410. The Morgan fingerprint density at radius 3 is 2.70 bits per heavy atom. The van der Waals surface area contributed by atoms with Gasteiger partial charge >= 0.3 is 0 Å². The third-order valence-corrected chi connectivity index (χ3v) is 2.34.